The van der Waals surface area contributed by atoms with Gasteiger partial charge in [-0.25, -0.2) is 0 Å². The van der Waals surface area contributed by atoms with Crippen LogP contribution in [0.3, 0.4) is 0 Å². The zero-order valence-electron chi connectivity index (χ0n) is 10.4. The molecule has 0 aliphatic heterocycles. The third-order valence-corrected chi connectivity index (χ3v) is 5.22. The molecule has 0 atom stereocenters. The van der Waals surface area contributed by atoms with Crippen molar-refractivity contribution < 1.29 is 4.74 Å². The van der Waals surface area contributed by atoms with Gasteiger partial charge in [-0.3, -0.25) is 0 Å². The Hall–Kier alpha value is 0.310. The van der Waals surface area contributed by atoms with Crippen molar-refractivity contribution in [3.05, 3.63) is 0 Å². The van der Waals surface area contributed by atoms with Crippen molar-refractivity contribution in [2.45, 2.75) is 57.8 Å². The largest absolute Gasteiger partial charge is 0.381 e. The standard InChI is InChI=1S/C14H26OS/c16-12-14(8-2-1-3-9-14)11-15-10-7-13-5-4-6-13/h13,16H,1-12H2. The van der Waals surface area contributed by atoms with Crippen LogP contribution in [0.15, 0.2) is 0 Å². The van der Waals surface area contributed by atoms with Crippen LogP contribution >= 0.6 is 12.6 Å². The van der Waals surface area contributed by atoms with E-state index in [9.17, 15) is 0 Å². The van der Waals surface area contributed by atoms with E-state index in [4.69, 9.17) is 4.74 Å². The van der Waals surface area contributed by atoms with Crippen LogP contribution in [0.2, 0.25) is 0 Å². The molecule has 2 aliphatic rings. The molecule has 0 aromatic carbocycles. The first-order valence-corrected chi connectivity index (χ1v) is 7.66. The van der Waals surface area contributed by atoms with Gasteiger partial charge in [0.1, 0.15) is 0 Å². The fourth-order valence-electron chi connectivity index (χ4n) is 2.97. The Balaban J connectivity index is 1.61. The molecule has 0 aromatic rings. The first-order valence-electron chi connectivity index (χ1n) is 7.03. The molecule has 94 valence electrons. The molecular weight excluding hydrogens is 216 g/mol. The lowest BCUT2D eigenvalue weighted by Gasteiger charge is -2.36. The highest BCUT2D eigenvalue weighted by molar-refractivity contribution is 7.80. The molecule has 2 heteroatoms. The molecular formula is C14H26OS. The SMILES string of the molecule is SCC1(COCCC2CCC2)CCCCC1. The predicted molar refractivity (Wildman–Crippen MR) is 72.1 cm³/mol. The summed E-state index contributed by atoms with van der Waals surface area (Å²) in [5, 5.41) is 0. The maximum Gasteiger partial charge on any atom is 0.0530 e. The molecule has 0 aromatic heterocycles. The molecule has 0 heterocycles. The van der Waals surface area contributed by atoms with Crippen LogP contribution in [0.1, 0.15) is 57.8 Å². The maximum atomic E-state index is 5.92. The van der Waals surface area contributed by atoms with Gasteiger partial charge in [0, 0.05) is 12.0 Å². The first-order chi connectivity index (χ1) is 7.85. The normalized spacial score (nSPS) is 25.3. The summed E-state index contributed by atoms with van der Waals surface area (Å²) >= 11 is 4.54. The lowest BCUT2D eigenvalue weighted by atomic mass is 9.76. The lowest BCUT2D eigenvalue weighted by molar-refractivity contribution is 0.0241. The smallest absolute Gasteiger partial charge is 0.0530 e. The molecule has 0 spiro atoms. The number of hydrogen-bond acceptors (Lipinski definition) is 2. The van der Waals surface area contributed by atoms with Crippen molar-refractivity contribution >= 4 is 12.6 Å². The van der Waals surface area contributed by atoms with Gasteiger partial charge < -0.3 is 4.74 Å². The van der Waals surface area contributed by atoms with Crippen molar-refractivity contribution in [2.75, 3.05) is 19.0 Å². The van der Waals surface area contributed by atoms with Gasteiger partial charge in [-0.15, -0.1) is 0 Å². The van der Waals surface area contributed by atoms with Crippen LogP contribution in [-0.4, -0.2) is 19.0 Å². The highest BCUT2D eigenvalue weighted by Crippen LogP contribution is 2.37. The van der Waals surface area contributed by atoms with Crippen molar-refractivity contribution in [2.24, 2.45) is 11.3 Å². The van der Waals surface area contributed by atoms with E-state index in [1.165, 1.54) is 57.8 Å². The Labute approximate surface area is 106 Å². The van der Waals surface area contributed by atoms with Crippen LogP contribution in [0.4, 0.5) is 0 Å². The topological polar surface area (TPSA) is 9.23 Å². The average molecular weight is 242 g/mol. The number of thiol groups is 1. The van der Waals surface area contributed by atoms with Gasteiger partial charge >= 0.3 is 0 Å². The zero-order chi connectivity index (χ0) is 11.3. The quantitative estimate of drug-likeness (QED) is 0.545. The summed E-state index contributed by atoms with van der Waals surface area (Å²) in [6.07, 6.45) is 12.5. The fourth-order valence-corrected chi connectivity index (χ4v) is 3.38. The van der Waals surface area contributed by atoms with Crippen LogP contribution in [0.5, 0.6) is 0 Å². The van der Waals surface area contributed by atoms with Gasteiger partial charge in [-0.2, -0.15) is 12.6 Å². The highest BCUT2D eigenvalue weighted by atomic mass is 32.1. The molecule has 0 amide bonds. The van der Waals surface area contributed by atoms with Crippen molar-refractivity contribution in [3.8, 4) is 0 Å². The highest BCUT2D eigenvalue weighted by Gasteiger charge is 2.30. The predicted octanol–water partition coefficient (Wildman–Crippen LogP) is 4.07. The van der Waals surface area contributed by atoms with Crippen molar-refractivity contribution in [1.82, 2.24) is 0 Å². The summed E-state index contributed by atoms with van der Waals surface area (Å²) in [6.45, 7) is 1.95. The Morgan fingerprint density at radius 1 is 1.06 bits per heavy atom. The third kappa shape index (κ3) is 3.40. The molecule has 2 fully saturated rings. The lowest BCUT2D eigenvalue weighted by Crippen LogP contribution is -2.32. The van der Waals surface area contributed by atoms with Crippen LogP contribution in [-0.2, 0) is 4.74 Å². The van der Waals surface area contributed by atoms with Gasteiger partial charge in [0.15, 0.2) is 0 Å². The minimum atomic E-state index is 0.418. The van der Waals surface area contributed by atoms with Gasteiger partial charge in [0.25, 0.3) is 0 Å². The molecule has 2 aliphatic carbocycles. The van der Waals surface area contributed by atoms with Crippen molar-refractivity contribution in [1.29, 1.82) is 0 Å². The molecule has 1 nitrogen and oxygen atoms in total. The summed E-state index contributed by atoms with van der Waals surface area (Å²) in [6, 6.07) is 0. The van der Waals surface area contributed by atoms with Crippen LogP contribution in [0, 0.1) is 11.3 Å². The Kier molecular flexibility index (Phi) is 5.02. The van der Waals surface area contributed by atoms with E-state index in [2.05, 4.69) is 12.6 Å². The van der Waals surface area contributed by atoms with Gasteiger partial charge in [-0.1, -0.05) is 38.5 Å². The molecule has 16 heavy (non-hydrogen) atoms. The van der Waals surface area contributed by atoms with Gasteiger partial charge in [0.2, 0.25) is 0 Å². The van der Waals surface area contributed by atoms with E-state index >= 15 is 0 Å². The second-order valence-corrected chi connectivity index (χ2v) is 6.17. The number of ether oxygens (including phenoxy) is 1. The Bertz CT molecular complexity index is 195. The summed E-state index contributed by atoms with van der Waals surface area (Å²) < 4.78 is 5.92. The molecule has 0 bridgehead atoms. The van der Waals surface area contributed by atoms with E-state index in [0.29, 0.717) is 5.41 Å². The average Bonchev–Trinajstić information content (AvgIpc) is 2.28. The minimum Gasteiger partial charge on any atom is -0.381 e. The number of hydrogen-bond donors (Lipinski definition) is 1. The minimum absolute atomic E-state index is 0.418. The third-order valence-electron chi connectivity index (χ3n) is 4.55. The molecule has 0 radical (unpaired) electrons. The summed E-state index contributed by atoms with van der Waals surface area (Å²) in [5.74, 6) is 1.99. The van der Waals surface area contributed by atoms with Gasteiger partial charge in [0.05, 0.1) is 6.61 Å². The summed E-state index contributed by atoms with van der Waals surface area (Å²) in [4.78, 5) is 0. The maximum absolute atomic E-state index is 5.92. The molecule has 2 rings (SSSR count). The Morgan fingerprint density at radius 3 is 2.38 bits per heavy atom. The second-order valence-electron chi connectivity index (χ2n) is 5.86. The molecule has 0 N–H and O–H groups in total. The van der Waals surface area contributed by atoms with Crippen LogP contribution in [0.25, 0.3) is 0 Å². The van der Waals surface area contributed by atoms with E-state index in [1.54, 1.807) is 0 Å². The monoisotopic (exact) mass is 242 g/mol. The van der Waals surface area contributed by atoms with Crippen molar-refractivity contribution in [3.63, 3.8) is 0 Å². The molecule has 2 saturated carbocycles. The second kappa shape index (κ2) is 6.30. The Morgan fingerprint density at radius 2 is 1.81 bits per heavy atom. The van der Waals surface area contributed by atoms with E-state index in [-0.39, 0.29) is 0 Å². The van der Waals surface area contributed by atoms with Gasteiger partial charge in [-0.05, 0) is 30.9 Å². The fraction of sp³-hybridized carbons (Fsp3) is 1.00. The molecule has 0 unspecified atom stereocenters. The molecule has 0 saturated heterocycles. The zero-order valence-corrected chi connectivity index (χ0v) is 11.3. The van der Waals surface area contributed by atoms with E-state index in [1.807, 2.05) is 0 Å². The first kappa shape index (κ1) is 12.8. The summed E-state index contributed by atoms with van der Waals surface area (Å²) in [7, 11) is 0. The van der Waals surface area contributed by atoms with Crippen LogP contribution < -0.4 is 0 Å². The summed E-state index contributed by atoms with van der Waals surface area (Å²) in [5.41, 5.74) is 0.418. The number of rotatable bonds is 6. The van der Waals surface area contributed by atoms with E-state index in [0.717, 1.165) is 24.9 Å². The van der Waals surface area contributed by atoms with E-state index < -0.39 is 0 Å².